The van der Waals surface area contributed by atoms with Gasteiger partial charge in [-0.3, -0.25) is 0 Å². The van der Waals surface area contributed by atoms with Gasteiger partial charge in [-0.15, -0.1) is 0 Å². The second-order valence-corrected chi connectivity index (χ2v) is 20.4. The van der Waals surface area contributed by atoms with Crippen molar-refractivity contribution < 1.29 is 35.7 Å². The van der Waals surface area contributed by atoms with E-state index < -0.39 is 21.7 Å². The molecular formula is C64H62O7. The van der Waals surface area contributed by atoms with Gasteiger partial charge in [-0.25, -0.2) is 0 Å². The number of phenols is 7. The molecule has 7 heteroatoms. The summed E-state index contributed by atoms with van der Waals surface area (Å²) in [6.45, 7) is 0. The third-order valence-electron chi connectivity index (χ3n) is 17.1. The summed E-state index contributed by atoms with van der Waals surface area (Å²) in [5, 5.41) is 75.2. The molecular weight excluding hydrogens is 881 g/mol. The first-order valence-corrected chi connectivity index (χ1v) is 25.0. The lowest BCUT2D eigenvalue weighted by Crippen LogP contribution is -2.60. The SMILES string of the molecule is Oc1ccc(CC(C2CCC(c3ccc(O)cc3)(c3ccc(O)cc3)CC2)(C2CCC(c3ccc(O)cc3)(c3ccc(O)cc3)CC2)C(Cc2ccccc2)(c2ccc(O)cc2)c2ccc(O)cc2)cc1. The van der Waals surface area contributed by atoms with Crippen molar-refractivity contribution in [3.05, 3.63) is 245 Å². The fraction of sp³-hybridized carbons (Fsp3) is 0.250. The van der Waals surface area contributed by atoms with E-state index in [9.17, 15) is 35.7 Å². The minimum absolute atomic E-state index is 0.0739. The number of benzene rings is 8. The van der Waals surface area contributed by atoms with E-state index in [1.165, 1.54) is 0 Å². The molecule has 0 heterocycles. The fourth-order valence-corrected chi connectivity index (χ4v) is 13.7. The Kier molecular flexibility index (Phi) is 12.8. The summed E-state index contributed by atoms with van der Waals surface area (Å²) in [5.41, 5.74) is 6.57. The average molecular weight is 943 g/mol. The molecule has 10 rings (SSSR count). The molecule has 0 bridgehead atoms. The van der Waals surface area contributed by atoms with Crippen molar-refractivity contribution in [2.24, 2.45) is 17.3 Å². The number of aromatic hydroxyl groups is 7. The first-order chi connectivity index (χ1) is 34.4. The van der Waals surface area contributed by atoms with Crippen LogP contribution < -0.4 is 0 Å². The third-order valence-corrected chi connectivity index (χ3v) is 17.1. The van der Waals surface area contributed by atoms with Crippen LogP contribution in [-0.2, 0) is 29.1 Å². The van der Waals surface area contributed by atoms with E-state index in [0.717, 1.165) is 95.9 Å². The van der Waals surface area contributed by atoms with E-state index >= 15 is 0 Å². The minimum atomic E-state index is -0.795. The van der Waals surface area contributed by atoms with E-state index in [0.29, 0.717) is 12.8 Å². The van der Waals surface area contributed by atoms with E-state index in [1.807, 2.05) is 72.8 Å². The van der Waals surface area contributed by atoms with Gasteiger partial charge in [-0.1, -0.05) is 115 Å². The summed E-state index contributed by atoms with van der Waals surface area (Å²) in [5.74, 6) is 1.52. The molecule has 2 aliphatic carbocycles. The van der Waals surface area contributed by atoms with Crippen LogP contribution in [0.15, 0.2) is 200 Å². The predicted molar refractivity (Wildman–Crippen MR) is 279 cm³/mol. The van der Waals surface area contributed by atoms with Gasteiger partial charge in [-0.05, 0) is 211 Å². The van der Waals surface area contributed by atoms with Crippen LogP contribution in [0.1, 0.15) is 95.9 Å². The molecule has 0 amide bonds. The van der Waals surface area contributed by atoms with Crippen LogP contribution in [0.2, 0.25) is 0 Å². The molecule has 0 aromatic heterocycles. The van der Waals surface area contributed by atoms with Crippen LogP contribution in [0.5, 0.6) is 40.2 Å². The Balaban J connectivity index is 1.24. The molecule has 0 atom stereocenters. The summed E-state index contributed by atoms with van der Waals surface area (Å²) in [4.78, 5) is 0. The van der Waals surface area contributed by atoms with Gasteiger partial charge in [0.05, 0.1) is 0 Å². The van der Waals surface area contributed by atoms with Crippen LogP contribution in [0.3, 0.4) is 0 Å². The summed E-state index contributed by atoms with van der Waals surface area (Å²) >= 11 is 0. The Morgan fingerprint density at radius 3 is 0.887 bits per heavy atom. The molecule has 0 radical (unpaired) electrons. The molecule has 360 valence electrons. The lowest BCUT2D eigenvalue weighted by atomic mass is 9.40. The highest BCUT2D eigenvalue weighted by Crippen LogP contribution is 2.67. The maximum Gasteiger partial charge on any atom is 0.115 e. The van der Waals surface area contributed by atoms with Gasteiger partial charge in [0.2, 0.25) is 0 Å². The third kappa shape index (κ3) is 8.73. The van der Waals surface area contributed by atoms with Crippen molar-refractivity contribution in [2.75, 3.05) is 0 Å². The highest BCUT2D eigenvalue weighted by Gasteiger charge is 2.62. The Morgan fingerprint density at radius 2 is 0.577 bits per heavy atom. The molecule has 2 aliphatic rings. The number of phenolic OH excluding ortho intramolecular Hbond substituents is 7. The van der Waals surface area contributed by atoms with Crippen LogP contribution in [-0.4, -0.2) is 35.7 Å². The Labute approximate surface area is 416 Å². The lowest BCUT2D eigenvalue weighted by molar-refractivity contribution is -0.0517. The molecule has 7 N–H and O–H groups in total. The lowest BCUT2D eigenvalue weighted by Gasteiger charge is -2.63. The number of rotatable bonds is 13. The van der Waals surface area contributed by atoms with Gasteiger partial charge >= 0.3 is 0 Å². The Hall–Kier alpha value is -7.64. The normalized spacial score (nSPS) is 16.3. The average Bonchev–Trinajstić information content (AvgIpc) is 3.40. The van der Waals surface area contributed by atoms with Crippen molar-refractivity contribution in [2.45, 2.75) is 80.5 Å². The Bertz CT molecular complexity index is 2750. The topological polar surface area (TPSA) is 142 Å². The van der Waals surface area contributed by atoms with Crippen molar-refractivity contribution in [1.82, 2.24) is 0 Å². The predicted octanol–water partition coefficient (Wildman–Crippen LogP) is 13.7. The molecule has 0 aliphatic heterocycles. The molecule has 0 spiro atoms. The maximum atomic E-state index is 11.1. The first-order valence-electron chi connectivity index (χ1n) is 25.0. The first kappa shape index (κ1) is 47.1. The minimum Gasteiger partial charge on any atom is -0.508 e. The van der Waals surface area contributed by atoms with Crippen molar-refractivity contribution >= 4 is 0 Å². The summed E-state index contributed by atoms with van der Waals surface area (Å²) < 4.78 is 0. The van der Waals surface area contributed by atoms with Crippen LogP contribution in [0.25, 0.3) is 0 Å². The fourth-order valence-electron chi connectivity index (χ4n) is 13.7. The Morgan fingerprint density at radius 1 is 0.310 bits per heavy atom. The second kappa shape index (κ2) is 19.3. The van der Waals surface area contributed by atoms with Crippen LogP contribution in [0.4, 0.5) is 0 Å². The monoisotopic (exact) mass is 942 g/mol. The molecule has 8 aromatic carbocycles. The van der Waals surface area contributed by atoms with Gasteiger partial charge in [0, 0.05) is 16.2 Å². The van der Waals surface area contributed by atoms with E-state index in [-0.39, 0.29) is 52.1 Å². The van der Waals surface area contributed by atoms with Gasteiger partial charge < -0.3 is 35.7 Å². The summed E-state index contributed by atoms with van der Waals surface area (Å²) in [6, 6.07) is 64.7. The molecule has 0 saturated heterocycles. The maximum absolute atomic E-state index is 11.1. The molecule has 8 aromatic rings. The second-order valence-electron chi connectivity index (χ2n) is 20.4. The van der Waals surface area contributed by atoms with Crippen LogP contribution >= 0.6 is 0 Å². The quantitative estimate of drug-likeness (QED) is 0.0610. The highest BCUT2D eigenvalue weighted by atomic mass is 16.3. The standard InChI is InChI=1S/C64H62O7/c65-54-20-6-45(7-21-54)43-64(52-34-38-61(39-35-52,46-8-22-55(66)23-9-46)47-10-24-56(67)25-11-47,53-36-40-62(41-37-53,48-12-26-57(68)27-13-48)49-14-28-58(69)29-15-49)63(42-44-4-2-1-3-5-44,50-16-30-59(70)31-17-50)51-18-32-60(71)33-19-51/h1-33,52-53,65-71H,34-43H2. The van der Waals surface area contributed by atoms with Crippen LogP contribution in [0, 0.1) is 17.3 Å². The van der Waals surface area contributed by atoms with E-state index in [2.05, 4.69) is 66.7 Å². The zero-order chi connectivity index (χ0) is 49.2. The molecule has 0 unspecified atom stereocenters. The zero-order valence-corrected chi connectivity index (χ0v) is 39.9. The van der Waals surface area contributed by atoms with Gasteiger partial charge in [0.15, 0.2) is 0 Å². The van der Waals surface area contributed by atoms with Crippen molar-refractivity contribution in [3.8, 4) is 40.2 Å². The summed E-state index contributed by atoms with van der Waals surface area (Å²) in [6.07, 6.45) is 7.69. The highest BCUT2D eigenvalue weighted by molar-refractivity contribution is 5.52. The molecule has 7 nitrogen and oxygen atoms in total. The van der Waals surface area contributed by atoms with Crippen molar-refractivity contribution in [1.29, 1.82) is 0 Å². The van der Waals surface area contributed by atoms with Gasteiger partial charge in [-0.2, -0.15) is 0 Å². The largest absolute Gasteiger partial charge is 0.508 e. The van der Waals surface area contributed by atoms with E-state index in [1.54, 1.807) is 60.7 Å². The summed E-state index contributed by atoms with van der Waals surface area (Å²) in [7, 11) is 0. The molecule has 2 saturated carbocycles. The molecule has 71 heavy (non-hydrogen) atoms. The number of hydrogen-bond acceptors (Lipinski definition) is 7. The molecule has 2 fully saturated rings. The van der Waals surface area contributed by atoms with Crippen molar-refractivity contribution in [3.63, 3.8) is 0 Å². The van der Waals surface area contributed by atoms with Gasteiger partial charge in [0.25, 0.3) is 0 Å². The number of hydrogen-bond donors (Lipinski definition) is 7. The van der Waals surface area contributed by atoms with E-state index in [4.69, 9.17) is 0 Å². The zero-order valence-electron chi connectivity index (χ0n) is 39.9. The smallest absolute Gasteiger partial charge is 0.115 e. The van der Waals surface area contributed by atoms with Gasteiger partial charge in [0.1, 0.15) is 40.2 Å².